The second-order valence-corrected chi connectivity index (χ2v) is 13.2. The SMILES string of the molecule is CCc1cnc(CC2CCN(C(=O)Cn3nc(-c4ccc(F)c(C)c4)cc3-c3ccccc3)CCC2C)cc1OCCN1CCOCC1. The molecule has 2 saturated heterocycles. The molecule has 2 aromatic heterocycles. The van der Waals surface area contributed by atoms with E-state index < -0.39 is 0 Å². The zero-order chi connectivity index (χ0) is 33.5. The summed E-state index contributed by atoms with van der Waals surface area (Å²) < 4.78 is 27.6. The summed E-state index contributed by atoms with van der Waals surface area (Å²) in [5, 5.41) is 4.86. The van der Waals surface area contributed by atoms with Crippen molar-refractivity contribution in [2.24, 2.45) is 11.8 Å². The average Bonchev–Trinajstić information content (AvgIpc) is 3.44. The number of carbonyl (C=O) groups is 1. The van der Waals surface area contributed by atoms with Crippen LogP contribution in [0.5, 0.6) is 5.75 Å². The third kappa shape index (κ3) is 8.31. The highest BCUT2D eigenvalue weighted by molar-refractivity contribution is 5.78. The Bertz CT molecular complexity index is 1670. The molecule has 0 bridgehead atoms. The van der Waals surface area contributed by atoms with E-state index in [9.17, 15) is 9.18 Å². The summed E-state index contributed by atoms with van der Waals surface area (Å²) in [6.45, 7) is 12.8. The molecule has 0 aliphatic carbocycles. The van der Waals surface area contributed by atoms with Gasteiger partial charge in [-0.1, -0.05) is 44.2 Å². The normalized spacial score (nSPS) is 18.9. The predicted molar refractivity (Wildman–Crippen MR) is 186 cm³/mol. The van der Waals surface area contributed by atoms with Crippen LogP contribution in [0, 0.1) is 24.6 Å². The first-order valence-electron chi connectivity index (χ1n) is 17.5. The lowest BCUT2D eigenvalue weighted by atomic mass is 9.86. The van der Waals surface area contributed by atoms with Crippen molar-refractivity contribution < 1.29 is 18.7 Å². The fourth-order valence-electron chi connectivity index (χ4n) is 6.81. The summed E-state index contributed by atoms with van der Waals surface area (Å²) >= 11 is 0. The van der Waals surface area contributed by atoms with E-state index in [0.717, 1.165) is 105 Å². The van der Waals surface area contributed by atoms with Crippen LogP contribution in [0.15, 0.2) is 66.9 Å². The summed E-state index contributed by atoms with van der Waals surface area (Å²) in [7, 11) is 0. The van der Waals surface area contributed by atoms with Crippen LogP contribution in [-0.4, -0.2) is 83.0 Å². The van der Waals surface area contributed by atoms with Crippen molar-refractivity contribution in [3.05, 3.63) is 89.5 Å². The van der Waals surface area contributed by atoms with E-state index in [2.05, 4.69) is 24.8 Å². The maximum Gasteiger partial charge on any atom is 0.244 e. The van der Waals surface area contributed by atoms with E-state index in [1.807, 2.05) is 47.5 Å². The van der Waals surface area contributed by atoms with Gasteiger partial charge >= 0.3 is 0 Å². The molecule has 2 fully saturated rings. The Hall–Kier alpha value is -4.08. The van der Waals surface area contributed by atoms with Crippen molar-refractivity contribution in [2.45, 2.75) is 53.0 Å². The van der Waals surface area contributed by atoms with Gasteiger partial charge in [0.1, 0.15) is 24.7 Å². The molecule has 0 spiro atoms. The quantitative estimate of drug-likeness (QED) is 0.185. The molecule has 2 unspecified atom stereocenters. The number of benzene rings is 2. The Morgan fingerprint density at radius 2 is 1.79 bits per heavy atom. The monoisotopic (exact) mass is 653 g/mol. The van der Waals surface area contributed by atoms with Crippen LogP contribution in [0.1, 0.15) is 43.5 Å². The van der Waals surface area contributed by atoms with Gasteiger partial charge in [-0.25, -0.2) is 4.39 Å². The Kier molecular flexibility index (Phi) is 11.2. The van der Waals surface area contributed by atoms with Gasteiger partial charge in [0, 0.05) is 61.8 Å². The maximum absolute atomic E-state index is 14.0. The lowest BCUT2D eigenvalue weighted by molar-refractivity contribution is -0.132. The van der Waals surface area contributed by atoms with Gasteiger partial charge in [0.15, 0.2) is 0 Å². The van der Waals surface area contributed by atoms with Crippen LogP contribution in [0.25, 0.3) is 22.5 Å². The van der Waals surface area contributed by atoms with Gasteiger partial charge in [0.2, 0.25) is 5.91 Å². The van der Waals surface area contributed by atoms with Gasteiger partial charge in [-0.2, -0.15) is 5.10 Å². The molecule has 2 aliphatic rings. The van der Waals surface area contributed by atoms with E-state index in [1.165, 1.54) is 6.07 Å². The first kappa shape index (κ1) is 33.8. The molecule has 0 saturated carbocycles. The zero-order valence-electron chi connectivity index (χ0n) is 28.5. The largest absolute Gasteiger partial charge is 0.492 e. The summed E-state index contributed by atoms with van der Waals surface area (Å²) in [6.07, 6.45) is 5.58. The van der Waals surface area contributed by atoms with Crippen molar-refractivity contribution in [1.29, 1.82) is 0 Å². The molecular weight excluding hydrogens is 605 g/mol. The molecule has 6 rings (SSSR count). The molecule has 2 aromatic carbocycles. The maximum atomic E-state index is 14.0. The second kappa shape index (κ2) is 15.9. The number of halogens is 1. The topological polar surface area (TPSA) is 72.7 Å². The average molecular weight is 654 g/mol. The Morgan fingerprint density at radius 1 is 1.00 bits per heavy atom. The van der Waals surface area contributed by atoms with Crippen LogP contribution in [0.3, 0.4) is 0 Å². The van der Waals surface area contributed by atoms with E-state index >= 15 is 0 Å². The smallest absolute Gasteiger partial charge is 0.244 e. The molecular formula is C39H48FN5O3. The number of nitrogens with zero attached hydrogens (tertiary/aromatic N) is 5. The lowest BCUT2D eigenvalue weighted by Gasteiger charge is -2.26. The molecule has 0 N–H and O–H groups in total. The number of morpholine rings is 1. The molecule has 9 heteroatoms. The predicted octanol–water partition coefficient (Wildman–Crippen LogP) is 6.45. The Morgan fingerprint density at radius 3 is 2.56 bits per heavy atom. The standard InChI is InChI=1S/C39H48FN5O3/c1-4-30-26-41-34(24-38(30)48-21-18-43-16-19-47-20-17-43)23-32-13-15-44(14-12-28(32)2)39(46)27-45-37(31-8-6-5-7-9-31)25-36(42-45)33-10-11-35(40)29(3)22-33/h5-11,22,24-26,28,32H,4,12-21,23,27H2,1-3H3. The van der Waals surface area contributed by atoms with Crippen molar-refractivity contribution >= 4 is 5.91 Å². The Labute approximate surface area is 283 Å². The number of pyridine rings is 1. The third-order valence-corrected chi connectivity index (χ3v) is 9.99. The molecule has 1 amide bonds. The van der Waals surface area contributed by atoms with Crippen LogP contribution in [0.4, 0.5) is 4.39 Å². The van der Waals surface area contributed by atoms with Crippen LogP contribution in [-0.2, 0) is 28.9 Å². The molecule has 8 nitrogen and oxygen atoms in total. The van der Waals surface area contributed by atoms with Crippen molar-refractivity contribution in [3.8, 4) is 28.3 Å². The van der Waals surface area contributed by atoms with Crippen molar-refractivity contribution in [2.75, 3.05) is 52.5 Å². The van der Waals surface area contributed by atoms with Crippen molar-refractivity contribution in [3.63, 3.8) is 0 Å². The number of ether oxygens (including phenoxy) is 2. The zero-order valence-corrected chi connectivity index (χ0v) is 28.5. The molecule has 4 aromatic rings. The summed E-state index contributed by atoms with van der Waals surface area (Å²) in [4.78, 5) is 23.0. The highest BCUT2D eigenvalue weighted by Gasteiger charge is 2.27. The number of hydrogen-bond donors (Lipinski definition) is 0. The number of rotatable bonds is 11. The Balaban J connectivity index is 1.11. The molecule has 48 heavy (non-hydrogen) atoms. The number of likely N-dealkylation sites (tertiary alicyclic amines) is 1. The minimum atomic E-state index is -0.243. The van der Waals surface area contributed by atoms with E-state index in [1.54, 1.807) is 23.7 Å². The van der Waals surface area contributed by atoms with Gasteiger partial charge in [-0.15, -0.1) is 0 Å². The first-order chi connectivity index (χ1) is 23.4. The molecule has 254 valence electrons. The van der Waals surface area contributed by atoms with E-state index in [4.69, 9.17) is 19.6 Å². The molecule has 2 atom stereocenters. The van der Waals surface area contributed by atoms with Gasteiger partial charge in [0.25, 0.3) is 0 Å². The van der Waals surface area contributed by atoms with Crippen LogP contribution < -0.4 is 4.74 Å². The van der Waals surface area contributed by atoms with Gasteiger partial charge in [-0.3, -0.25) is 19.4 Å². The van der Waals surface area contributed by atoms with Gasteiger partial charge < -0.3 is 14.4 Å². The lowest BCUT2D eigenvalue weighted by Crippen LogP contribution is -2.38. The summed E-state index contributed by atoms with van der Waals surface area (Å²) in [6, 6.07) is 19.1. The number of aryl methyl sites for hydroxylation is 2. The summed E-state index contributed by atoms with van der Waals surface area (Å²) in [5.74, 6) is 1.64. The third-order valence-electron chi connectivity index (χ3n) is 9.99. The first-order valence-corrected chi connectivity index (χ1v) is 17.5. The minimum Gasteiger partial charge on any atom is -0.492 e. The molecule has 2 aliphatic heterocycles. The van der Waals surface area contributed by atoms with Crippen LogP contribution >= 0.6 is 0 Å². The number of aromatic nitrogens is 3. The second-order valence-electron chi connectivity index (χ2n) is 13.2. The van der Waals surface area contributed by atoms with Crippen LogP contribution in [0.2, 0.25) is 0 Å². The highest BCUT2D eigenvalue weighted by Crippen LogP contribution is 2.31. The summed E-state index contributed by atoms with van der Waals surface area (Å²) in [5.41, 5.74) is 6.16. The highest BCUT2D eigenvalue weighted by atomic mass is 19.1. The number of carbonyl (C=O) groups excluding carboxylic acids is 1. The van der Waals surface area contributed by atoms with Crippen molar-refractivity contribution in [1.82, 2.24) is 24.6 Å². The number of amides is 1. The minimum absolute atomic E-state index is 0.0614. The number of hydrogen-bond acceptors (Lipinski definition) is 6. The molecule has 0 radical (unpaired) electrons. The molecule has 4 heterocycles. The van der Waals surface area contributed by atoms with Gasteiger partial charge in [0.05, 0.1) is 24.6 Å². The fourth-order valence-corrected chi connectivity index (χ4v) is 6.81. The fraction of sp³-hybridized carbons (Fsp3) is 0.462. The van der Waals surface area contributed by atoms with Gasteiger partial charge in [-0.05, 0) is 79.8 Å². The van der Waals surface area contributed by atoms with E-state index in [0.29, 0.717) is 30.6 Å². The van der Waals surface area contributed by atoms with E-state index in [-0.39, 0.29) is 18.3 Å².